The lowest BCUT2D eigenvalue weighted by molar-refractivity contribution is 0.190. The van der Waals surface area contributed by atoms with Crippen molar-refractivity contribution >= 4 is 22.5 Å². The normalized spacial score (nSPS) is 11.4. The molecule has 0 aliphatic rings. The van der Waals surface area contributed by atoms with E-state index in [9.17, 15) is 4.79 Å². The van der Waals surface area contributed by atoms with E-state index in [2.05, 4.69) is 16.8 Å². The van der Waals surface area contributed by atoms with Crippen LogP contribution in [0.3, 0.4) is 0 Å². The molecule has 1 aromatic heterocycles. The molecule has 2 rings (SSSR count). The van der Waals surface area contributed by atoms with E-state index in [4.69, 9.17) is 16.7 Å². The Morgan fingerprint density at radius 1 is 1.30 bits per heavy atom. The van der Waals surface area contributed by atoms with E-state index in [0.717, 1.165) is 23.9 Å². The lowest BCUT2D eigenvalue weighted by atomic mass is 10.1. The van der Waals surface area contributed by atoms with Gasteiger partial charge in [0.25, 0.3) is 5.56 Å². The van der Waals surface area contributed by atoms with Crippen LogP contribution >= 0.6 is 11.6 Å². The molecular formula is C15H19ClN2O2. The Labute approximate surface area is 123 Å². The molecule has 0 atom stereocenters. The Morgan fingerprint density at radius 2 is 2.10 bits per heavy atom. The summed E-state index contributed by atoms with van der Waals surface area (Å²) in [5, 5.41) is 10.6. The molecule has 1 heterocycles. The average Bonchev–Trinajstić information content (AvgIpc) is 2.40. The lowest BCUT2D eigenvalue weighted by Gasteiger charge is -2.20. The summed E-state index contributed by atoms with van der Waals surface area (Å²) in [4.78, 5) is 17.0. The van der Waals surface area contributed by atoms with Crippen LogP contribution in [-0.2, 0) is 6.54 Å². The minimum absolute atomic E-state index is 0.0983. The monoisotopic (exact) mass is 294 g/mol. The predicted octanol–water partition coefficient (Wildman–Crippen LogP) is 2.39. The number of halogens is 1. The number of benzene rings is 1. The van der Waals surface area contributed by atoms with E-state index in [0.29, 0.717) is 23.7 Å². The number of fused-ring (bicyclic) bond motifs is 1. The van der Waals surface area contributed by atoms with E-state index in [-0.39, 0.29) is 12.2 Å². The molecule has 2 aromatic rings. The first-order valence-corrected chi connectivity index (χ1v) is 7.16. The Kier molecular flexibility index (Phi) is 5.17. The molecule has 0 amide bonds. The van der Waals surface area contributed by atoms with Crippen molar-refractivity contribution in [3.63, 3.8) is 0 Å². The predicted molar refractivity (Wildman–Crippen MR) is 82.2 cm³/mol. The topological polar surface area (TPSA) is 56.3 Å². The van der Waals surface area contributed by atoms with Gasteiger partial charge in [-0.3, -0.25) is 9.69 Å². The van der Waals surface area contributed by atoms with Gasteiger partial charge in [0.1, 0.15) is 0 Å². The van der Waals surface area contributed by atoms with E-state index < -0.39 is 0 Å². The average molecular weight is 295 g/mol. The smallest absolute Gasteiger partial charge is 0.252 e. The van der Waals surface area contributed by atoms with Crippen molar-refractivity contribution in [2.45, 2.75) is 19.9 Å². The highest BCUT2D eigenvalue weighted by Gasteiger charge is 2.09. The Morgan fingerprint density at radius 3 is 2.80 bits per heavy atom. The molecule has 2 N–H and O–H groups in total. The maximum absolute atomic E-state index is 12.1. The molecule has 0 aliphatic carbocycles. The SMILES string of the molecule is CCCN(CCO)Cc1cc2ccc(Cl)cc2[nH]c1=O. The Bertz CT molecular complexity index is 633. The van der Waals surface area contributed by atoms with Gasteiger partial charge in [-0.05, 0) is 36.6 Å². The third kappa shape index (κ3) is 3.60. The van der Waals surface area contributed by atoms with Crippen molar-refractivity contribution in [2.24, 2.45) is 0 Å². The molecule has 0 fully saturated rings. The van der Waals surface area contributed by atoms with Crippen LogP contribution in [0.5, 0.6) is 0 Å². The fraction of sp³-hybridized carbons (Fsp3) is 0.400. The van der Waals surface area contributed by atoms with Gasteiger partial charge in [0.15, 0.2) is 0 Å². The van der Waals surface area contributed by atoms with Gasteiger partial charge in [0, 0.05) is 29.2 Å². The summed E-state index contributed by atoms with van der Waals surface area (Å²) >= 11 is 5.92. The second kappa shape index (κ2) is 6.88. The molecule has 4 nitrogen and oxygen atoms in total. The number of nitrogens with one attached hydrogen (secondary N) is 1. The Hall–Kier alpha value is -1.36. The van der Waals surface area contributed by atoms with Gasteiger partial charge < -0.3 is 10.1 Å². The number of aliphatic hydroxyl groups is 1. The molecular weight excluding hydrogens is 276 g/mol. The number of rotatable bonds is 6. The first-order valence-electron chi connectivity index (χ1n) is 6.78. The van der Waals surface area contributed by atoms with Crippen LogP contribution in [0.4, 0.5) is 0 Å². The van der Waals surface area contributed by atoms with Gasteiger partial charge >= 0.3 is 0 Å². The van der Waals surface area contributed by atoms with Crippen molar-refractivity contribution in [2.75, 3.05) is 19.7 Å². The van der Waals surface area contributed by atoms with Gasteiger partial charge in [-0.2, -0.15) is 0 Å². The van der Waals surface area contributed by atoms with Crippen LogP contribution in [0.1, 0.15) is 18.9 Å². The highest BCUT2D eigenvalue weighted by molar-refractivity contribution is 6.31. The molecule has 0 unspecified atom stereocenters. The number of aromatic amines is 1. The maximum Gasteiger partial charge on any atom is 0.252 e. The van der Waals surface area contributed by atoms with Crippen molar-refractivity contribution in [1.82, 2.24) is 9.88 Å². The molecule has 0 saturated carbocycles. The minimum atomic E-state index is -0.0983. The van der Waals surface area contributed by atoms with Crippen LogP contribution in [0.15, 0.2) is 29.1 Å². The van der Waals surface area contributed by atoms with Crippen LogP contribution in [0.25, 0.3) is 10.9 Å². The maximum atomic E-state index is 12.1. The third-order valence-electron chi connectivity index (χ3n) is 3.23. The van der Waals surface area contributed by atoms with Crippen LogP contribution < -0.4 is 5.56 Å². The molecule has 0 saturated heterocycles. The Balaban J connectivity index is 2.31. The molecule has 1 aromatic carbocycles. The zero-order valence-corrected chi connectivity index (χ0v) is 12.3. The standard InChI is InChI=1S/C15H19ClN2O2/c1-2-5-18(6-7-19)10-12-8-11-3-4-13(16)9-14(11)17-15(12)20/h3-4,8-9,19H,2,5-7,10H2,1H3,(H,17,20). The summed E-state index contributed by atoms with van der Waals surface area (Å²) in [5.41, 5.74) is 1.36. The number of pyridine rings is 1. The van der Waals surface area contributed by atoms with Gasteiger partial charge in [-0.1, -0.05) is 24.6 Å². The van der Waals surface area contributed by atoms with Crippen molar-refractivity contribution in [3.8, 4) is 0 Å². The summed E-state index contributed by atoms with van der Waals surface area (Å²) < 4.78 is 0. The van der Waals surface area contributed by atoms with Crippen molar-refractivity contribution < 1.29 is 5.11 Å². The number of H-pyrrole nitrogens is 1. The van der Waals surface area contributed by atoms with Crippen LogP contribution in [0, 0.1) is 0 Å². The lowest BCUT2D eigenvalue weighted by Crippen LogP contribution is -2.30. The zero-order valence-electron chi connectivity index (χ0n) is 11.5. The van der Waals surface area contributed by atoms with Gasteiger partial charge in [0.05, 0.1) is 6.61 Å². The van der Waals surface area contributed by atoms with E-state index in [1.165, 1.54) is 0 Å². The van der Waals surface area contributed by atoms with E-state index in [1.807, 2.05) is 18.2 Å². The first-order chi connectivity index (χ1) is 9.63. The summed E-state index contributed by atoms with van der Waals surface area (Å²) in [5.74, 6) is 0. The highest BCUT2D eigenvalue weighted by Crippen LogP contribution is 2.17. The molecule has 5 heteroatoms. The second-order valence-electron chi connectivity index (χ2n) is 4.86. The molecule has 0 spiro atoms. The summed E-state index contributed by atoms with van der Waals surface area (Å²) in [6.45, 7) is 4.16. The quantitative estimate of drug-likeness (QED) is 0.860. The first kappa shape index (κ1) is 15.0. The number of aromatic nitrogens is 1. The molecule has 108 valence electrons. The number of aliphatic hydroxyl groups excluding tert-OH is 1. The summed E-state index contributed by atoms with van der Waals surface area (Å²) in [7, 11) is 0. The molecule has 0 radical (unpaired) electrons. The van der Waals surface area contributed by atoms with Crippen LogP contribution in [0.2, 0.25) is 5.02 Å². The number of hydrogen-bond acceptors (Lipinski definition) is 3. The number of hydrogen-bond donors (Lipinski definition) is 2. The third-order valence-corrected chi connectivity index (χ3v) is 3.47. The number of nitrogens with zero attached hydrogens (tertiary/aromatic N) is 1. The van der Waals surface area contributed by atoms with Gasteiger partial charge in [0.2, 0.25) is 0 Å². The molecule has 0 aliphatic heterocycles. The molecule has 0 bridgehead atoms. The highest BCUT2D eigenvalue weighted by atomic mass is 35.5. The largest absolute Gasteiger partial charge is 0.395 e. The van der Waals surface area contributed by atoms with E-state index in [1.54, 1.807) is 6.07 Å². The fourth-order valence-electron chi connectivity index (χ4n) is 2.30. The van der Waals surface area contributed by atoms with Gasteiger partial charge in [-0.25, -0.2) is 0 Å². The minimum Gasteiger partial charge on any atom is -0.395 e. The second-order valence-corrected chi connectivity index (χ2v) is 5.29. The summed E-state index contributed by atoms with van der Waals surface area (Å²) in [6, 6.07) is 7.35. The van der Waals surface area contributed by atoms with Gasteiger partial charge in [-0.15, -0.1) is 0 Å². The van der Waals surface area contributed by atoms with Crippen molar-refractivity contribution in [3.05, 3.63) is 45.2 Å². The van der Waals surface area contributed by atoms with E-state index >= 15 is 0 Å². The van der Waals surface area contributed by atoms with Crippen molar-refractivity contribution in [1.29, 1.82) is 0 Å². The zero-order chi connectivity index (χ0) is 14.5. The van der Waals surface area contributed by atoms with Crippen LogP contribution in [-0.4, -0.2) is 34.7 Å². The molecule has 20 heavy (non-hydrogen) atoms. The fourth-order valence-corrected chi connectivity index (χ4v) is 2.48. The summed E-state index contributed by atoms with van der Waals surface area (Å²) in [6.07, 6.45) is 0.987.